The molecule has 0 aliphatic carbocycles. The molecule has 2 rings (SSSR count). The highest BCUT2D eigenvalue weighted by atomic mass is 35.5. The third-order valence-electron chi connectivity index (χ3n) is 2.95. The summed E-state index contributed by atoms with van der Waals surface area (Å²) in [5.74, 6) is 0. The van der Waals surface area contributed by atoms with Crippen LogP contribution in [-0.4, -0.2) is 8.42 Å². The third-order valence-corrected chi connectivity index (χ3v) is 4.91. The van der Waals surface area contributed by atoms with Crippen molar-refractivity contribution in [2.24, 2.45) is 0 Å². The van der Waals surface area contributed by atoms with E-state index in [4.69, 9.17) is 27.4 Å². The van der Waals surface area contributed by atoms with Crippen LogP contribution in [0.15, 0.2) is 41.3 Å². The molecule has 0 atom stereocenters. The van der Waals surface area contributed by atoms with Crippen LogP contribution in [0.3, 0.4) is 0 Å². The summed E-state index contributed by atoms with van der Waals surface area (Å²) in [6, 6.07) is 9.85. The molecule has 0 saturated carbocycles. The fraction of sp³-hybridized carbons (Fsp3) is 0.200. The van der Waals surface area contributed by atoms with Crippen LogP contribution in [0.25, 0.3) is 0 Å². The zero-order valence-electron chi connectivity index (χ0n) is 11.6. The maximum Gasteiger partial charge on any atom is 0.297 e. The second-order valence-electron chi connectivity index (χ2n) is 4.74. The van der Waals surface area contributed by atoms with Crippen molar-refractivity contribution in [3.8, 4) is 0 Å². The zero-order valence-corrected chi connectivity index (χ0v) is 13.9. The Bertz CT molecular complexity index is 730. The van der Waals surface area contributed by atoms with Crippen molar-refractivity contribution in [3.05, 3.63) is 63.1 Å². The van der Waals surface area contributed by atoms with Gasteiger partial charge in [0.1, 0.15) is 0 Å². The molecule has 0 amide bonds. The predicted octanol–water partition coefficient (Wildman–Crippen LogP) is 4.52. The molecule has 0 radical (unpaired) electrons. The van der Waals surface area contributed by atoms with E-state index in [1.807, 2.05) is 13.8 Å². The van der Waals surface area contributed by atoms with Gasteiger partial charge in [0, 0.05) is 15.6 Å². The fourth-order valence-electron chi connectivity index (χ4n) is 1.78. The van der Waals surface area contributed by atoms with Gasteiger partial charge in [-0.05, 0) is 43.7 Å². The van der Waals surface area contributed by atoms with Gasteiger partial charge in [-0.25, -0.2) is 0 Å². The molecule has 2 aromatic rings. The van der Waals surface area contributed by atoms with Crippen molar-refractivity contribution in [1.82, 2.24) is 0 Å². The Morgan fingerprint density at radius 2 is 1.48 bits per heavy atom. The Morgan fingerprint density at radius 3 is 2.00 bits per heavy atom. The lowest BCUT2D eigenvalue weighted by Crippen LogP contribution is -2.07. The maximum atomic E-state index is 12.1. The lowest BCUT2D eigenvalue weighted by atomic mass is 10.1. The van der Waals surface area contributed by atoms with E-state index in [0.717, 1.165) is 11.1 Å². The Hall–Kier alpha value is -1.07. The molecule has 0 fully saturated rings. The zero-order chi connectivity index (χ0) is 15.6. The van der Waals surface area contributed by atoms with Gasteiger partial charge in [0.05, 0.1) is 11.5 Å². The molecule has 21 heavy (non-hydrogen) atoms. The molecule has 112 valence electrons. The smallest absolute Gasteiger partial charge is 0.261 e. The van der Waals surface area contributed by atoms with Crippen LogP contribution < -0.4 is 0 Å². The van der Waals surface area contributed by atoms with Gasteiger partial charge >= 0.3 is 0 Å². The monoisotopic (exact) mass is 344 g/mol. The molecular weight excluding hydrogens is 331 g/mol. The lowest BCUT2D eigenvalue weighted by Gasteiger charge is -2.10. The molecule has 0 spiro atoms. The molecule has 6 heteroatoms. The summed E-state index contributed by atoms with van der Waals surface area (Å²) < 4.78 is 29.2. The lowest BCUT2D eigenvalue weighted by molar-refractivity contribution is 0.308. The first-order valence-electron chi connectivity index (χ1n) is 6.20. The summed E-state index contributed by atoms with van der Waals surface area (Å²) in [6.45, 7) is 3.53. The van der Waals surface area contributed by atoms with Crippen LogP contribution >= 0.6 is 23.2 Å². The topological polar surface area (TPSA) is 43.4 Å². The van der Waals surface area contributed by atoms with Gasteiger partial charge in [-0.1, -0.05) is 40.9 Å². The molecule has 0 aliphatic heterocycles. The standard InChI is InChI=1S/C15H14Cl2O3S/c1-10-3-5-12(6-4-10)21(18,19)20-9-13-14(16)7-11(2)8-15(13)17/h3-8H,9H2,1-2H3. The van der Waals surface area contributed by atoms with Crippen molar-refractivity contribution in [2.75, 3.05) is 0 Å². The number of benzene rings is 2. The summed E-state index contributed by atoms with van der Waals surface area (Å²) in [5.41, 5.74) is 2.33. The normalized spacial score (nSPS) is 11.6. The SMILES string of the molecule is Cc1ccc(S(=O)(=O)OCc2c(Cl)cc(C)cc2Cl)cc1. The van der Waals surface area contributed by atoms with Gasteiger partial charge in [0.25, 0.3) is 10.1 Å². The Kier molecular flexibility index (Phi) is 4.94. The molecule has 0 N–H and O–H groups in total. The van der Waals surface area contributed by atoms with Crippen LogP contribution in [0.2, 0.25) is 10.0 Å². The average molecular weight is 345 g/mol. The van der Waals surface area contributed by atoms with E-state index >= 15 is 0 Å². The van der Waals surface area contributed by atoms with Gasteiger partial charge in [-0.2, -0.15) is 8.42 Å². The number of hydrogen-bond donors (Lipinski definition) is 0. The van der Waals surface area contributed by atoms with Crippen molar-refractivity contribution in [1.29, 1.82) is 0 Å². The van der Waals surface area contributed by atoms with E-state index in [2.05, 4.69) is 0 Å². The highest BCUT2D eigenvalue weighted by Crippen LogP contribution is 2.28. The van der Waals surface area contributed by atoms with Crippen LogP contribution in [0, 0.1) is 13.8 Å². The average Bonchev–Trinajstić information content (AvgIpc) is 2.37. The number of aryl methyl sites for hydroxylation is 2. The van der Waals surface area contributed by atoms with Crippen molar-refractivity contribution < 1.29 is 12.6 Å². The fourth-order valence-corrected chi connectivity index (χ4v) is 3.36. The van der Waals surface area contributed by atoms with Gasteiger partial charge in [0.15, 0.2) is 0 Å². The molecule has 3 nitrogen and oxygen atoms in total. The van der Waals surface area contributed by atoms with Crippen LogP contribution in [0.1, 0.15) is 16.7 Å². The molecule has 0 saturated heterocycles. The number of halogens is 2. The molecule has 2 aromatic carbocycles. The van der Waals surface area contributed by atoms with Crippen molar-refractivity contribution in [2.45, 2.75) is 25.3 Å². The van der Waals surface area contributed by atoms with E-state index in [-0.39, 0.29) is 11.5 Å². The van der Waals surface area contributed by atoms with Gasteiger partial charge in [-0.3, -0.25) is 4.18 Å². The van der Waals surface area contributed by atoms with Gasteiger partial charge in [-0.15, -0.1) is 0 Å². The molecule has 0 bridgehead atoms. The second-order valence-corrected chi connectivity index (χ2v) is 7.17. The number of rotatable bonds is 4. The van der Waals surface area contributed by atoms with E-state index < -0.39 is 10.1 Å². The number of hydrogen-bond acceptors (Lipinski definition) is 3. The summed E-state index contributed by atoms with van der Waals surface area (Å²) in [6.07, 6.45) is 0. The van der Waals surface area contributed by atoms with E-state index in [1.54, 1.807) is 24.3 Å². The summed E-state index contributed by atoms with van der Waals surface area (Å²) in [4.78, 5) is 0.104. The minimum atomic E-state index is -3.84. The first-order valence-corrected chi connectivity index (χ1v) is 8.36. The quantitative estimate of drug-likeness (QED) is 0.766. The third kappa shape index (κ3) is 3.98. The van der Waals surface area contributed by atoms with Gasteiger partial charge in [0.2, 0.25) is 0 Å². The molecule has 0 unspecified atom stereocenters. The molecule has 0 aromatic heterocycles. The highest BCUT2D eigenvalue weighted by Gasteiger charge is 2.17. The molecule has 0 heterocycles. The highest BCUT2D eigenvalue weighted by molar-refractivity contribution is 7.86. The summed E-state index contributed by atoms with van der Waals surface area (Å²) >= 11 is 12.1. The van der Waals surface area contributed by atoms with Crippen LogP contribution in [0.5, 0.6) is 0 Å². The Labute approximate surface area is 134 Å². The first kappa shape index (κ1) is 16.3. The van der Waals surface area contributed by atoms with E-state index in [1.165, 1.54) is 12.1 Å². The largest absolute Gasteiger partial charge is 0.297 e. The van der Waals surface area contributed by atoms with Crippen LogP contribution in [-0.2, 0) is 20.9 Å². The van der Waals surface area contributed by atoms with E-state index in [0.29, 0.717) is 15.6 Å². The van der Waals surface area contributed by atoms with Crippen molar-refractivity contribution in [3.63, 3.8) is 0 Å². The second kappa shape index (κ2) is 6.36. The minimum absolute atomic E-state index is 0.104. The van der Waals surface area contributed by atoms with E-state index in [9.17, 15) is 8.42 Å². The Morgan fingerprint density at radius 1 is 0.952 bits per heavy atom. The van der Waals surface area contributed by atoms with Gasteiger partial charge < -0.3 is 0 Å². The summed E-state index contributed by atoms with van der Waals surface area (Å²) in [5, 5.41) is 0.776. The Balaban J connectivity index is 2.21. The summed E-state index contributed by atoms with van der Waals surface area (Å²) in [7, 11) is -3.84. The van der Waals surface area contributed by atoms with Crippen molar-refractivity contribution >= 4 is 33.3 Å². The minimum Gasteiger partial charge on any atom is -0.261 e. The first-order chi connectivity index (χ1) is 9.79. The van der Waals surface area contributed by atoms with Crippen LogP contribution in [0.4, 0.5) is 0 Å². The maximum absolute atomic E-state index is 12.1. The predicted molar refractivity (Wildman–Crippen MR) is 84.4 cm³/mol. The molecular formula is C15H14Cl2O3S. The molecule has 0 aliphatic rings.